The molecule has 2 N–H and O–H groups in total. The Hall–Kier alpha value is -1.75. The van der Waals surface area contributed by atoms with E-state index in [0.29, 0.717) is 12.2 Å². The van der Waals surface area contributed by atoms with Crippen LogP contribution in [0.25, 0.3) is 0 Å². The van der Waals surface area contributed by atoms with Gasteiger partial charge in [0.25, 0.3) is 0 Å². The van der Waals surface area contributed by atoms with Crippen molar-refractivity contribution < 1.29 is 8.78 Å². The number of halogens is 2. The minimum Gasteiger partial charge on any atom is -0.319 e. The molecule has 0 bridgehead atoms. The first kappa shape index (κ1) is 11.7. The van der Waals surface area contributed by atoms with Crippen LogP contribution in [0.2, 0.25) is 0 Å². The number of hydrogen-bond acceptors (Lipinski definition) is 2. The molecule has 1 atom stereocenters. The minimum atomic E-state index is -0.848. The average Bonchev–Trinajstić information content (AvgIpc) is 2.76. The molecule has 0 aliphatic carbocycles. The summed E-state index contributed by atoms with van der Waals surface area (Å²) in [5.74, 6) is -1.28. The van der Waals surface area contributed by atoms with E-state index in [1.165, 1.54) is 18.2 Å². The zero-order valence-electron chi connectivity index (χ0n) is 9.40. The average molecular weight is 237 g/mol. The van der Waals surface area contributed by atoms with Gasteiger partial charge in [0, 0.05) is 18.3 Å². The van der Waals surface area contributed by atoms with Crippen LogP contribution in [-0.4, -0.2) is 9.78 Å². The number of nitrogens with two attached hydrogens (primary N) is 1. The van der Waals surface area contributed by atoms with Crippen molar-refractivity contribution in [2.75, 3.05) is 0 Å². The minimum absolute atomic E-state index is 0.122. The third kappa shape index (κ3) is 2.06. The lowest BCUT2D eigenvalue weighted by Gasteiger charge is -2.15. The van der Waals surface area contributed by atoms with Crippen molar-refractivity contribution >= 4 is 0 Å². The summed E-state index contributed by atoms with van der Waals surface area (Å²) < 4.78 is 28.8. The molecule has 0 saturated heterocycles. The molecule has 0 aliphatic rings. The molecule has 1 aromatic heterocycles. The summed E-state index contributed by atoms with van der Waals surface area (Å²) in [7, 11) is 0. The first-order valence-corrected chi connectivity index (χ1v) is 5.36. The highest BCUT2D eigenvalue weighted by atomic mass is 19.1. The van der Waals surface area contributed by atoms with E-state index in [0.717, 1.165) is 0 Å². The smallest absolute Gasteiger partial charge is 0.131 e. The maximum absolute atomic E-state index is 13.6. The summed E-state index contributed by atoms with van der Waals surface area (Å²) in [5, 5.41) is 4.03. The molecule has 1 heterocycles. The Labute approximate surface area is 97.9 Å². The molecule has 0 radical (unpaired) electrons. The fourth-order valence-corrected chi connectivity index (χ4v) is 1.83. The number of hydrogen-bond donors (Lipinski definition) is 1. The quantitative estimate of drug-likeness (QED) is 0.889. The molecule has 0 spiro atoms. The Bertz CT molecular complexity index is 502. The number of rotatable bonds is 3. The van der Waals surface area contributed by atoms with Crippen LogP contribution >= 0.6 is 0 Å². The van der Waals surface area contributed by atoms with Gasteiger partial charge in [-0.3, -0.25) is 4.68 Å². The van der Waals surface area contributed by atoms with Gasteiger partial charge in [0.2, 0.25) is 0 Å². The Kier molecular flexibility index (Phi) is 3.19. The van der Waals surface area contributed by atoms with Crippen molar-refractivity contribution in [1.29, 1.82) is 0 Å². The third-order valence-electron chi connectivity index (χ3n) is 2.68. The van der Waals surface area contributed by atoms with Crippen molar-refractivity contribution in [3.8, 4) is 0 Å². The summed E-state index contributed by atoms with van der Waals surface area (Å²) in [4.78, 5) is 0. The monoisotopic (exact) mass is 237 g/mol. The van der Waals surface area contributed by atoms with Crippen molar-refractivity contribution in [2.45, 2.75) is 19.5 Å². The normalized spacial score (nSPS) is 12.7. The van der Waals surface area contributed by atoms with Gasteiger partial charge in [0.15, 0.2) is 0 Å². The predicted molar refractivity (Wildman–Crippen MR) is 60.3 cm³/mol. The van der Waals surface area contributed by atoms with Crippen LogP contribution in [-0.2, 0) is 6.54 Å². The molecular weight excluding hydrogens is 224 g/mol. The Morgan fingerprint density at radius 1 is 1.29 bits per heavy atom. The van der Waals surface area contributed by atoms with Gasteiger partial charge in [-0.2, -0.15) is 5.10 Å². The van der Waals surface area contributed by atoms with E-state index in [4.69, 9.17) is 5.73 Å². The molecule has 2 aromatic rings. The second-order valence-electron chi connectivity index (χ2n) is 3.68. The number of nitrogens with zero attached hydrogens (tertiary/aromatic N) is 2. The molecule has 0 aliphatic heterocycles. The van der Waals surface area contributed by atoms with E-state index in [2.05, 4.69) is 5.10 Å². The Morgan fingerprint density at radius 3 is 2.53 bits per heavy atom. The Morgan fingerprint density at radius 2 is 1.94 bits per heavy atom. The van der Waals surface area contributed by atoms with Gasteiger partial charge in [-0.15, -0.1) is 0 Å². The molecule has 0 fully saturated rings. The van der Waals surface area contributed by atoms with Gasteiger partial charge < -0.3 is 5.73 Å². The van der Waals surface area contributed by atoms with E-state index in [1.807, 2.05) is 6.92 Å². The van der Waals surface area contributed by atoms with Crippen LogP contribution < -0.4 is 5.73 Å². The highest BCUT2D eigenvalue weighted by Gasteiger charge is 2.20. The molecule has 17 heavy (non-hydrogen) atoms. The van der Waals surface area contributed by atoms with Crippen LogP contribution in [0.5, 0.6) is 0 Å². The van der Waals surface area contributed by atoms with E-state index >= 15 is 0 Å². The van der Waals surface area contributed by atoms with E-state index < -0.39 is 17.7 Å². The second-order valence-corrected chi connectivity index (χ2v) is 3.68. The van der Waals surface area contributed by atoms with Crippen molar-refractivity contribution in [1.82, 2.24) is 9.78 Å². The second kappa shape index (κ2) is 4.63. The summed E-state index contributed by atoms with van der Waals surface area (Å²) in [6, 6.07) is 4.53. The maximum atomic E-state index is 13.6. The molecular formula is C12H13F2N3. The van der Waals surface area contributed by atoms with Crippen LogP contribution in [0, 0.1) is 11.6 Å². The zero-order chi connectivity index (χ0) is 12.4. The summed E-state index contributed by atoms with van der Waals surface area (Å²) in [6.07, 6.45) is 1.57. The lowest BCUT2D eigenvalue weighted by molar-refractivity contribution is 0.525. The molecule has 5 heteroatoms. The first-order chi connectivity index (χ1) is 8.15. The molecule has 90 valence electrons. The Balaban J connectivity index is 2.47. The summed E-state index contributed by atoms with van der Waals surface area (Å²) in [5.41, 5.74) is 6.37. The van der Waals surface area contributed by atoms with Gasteiger partial charge in [0.05, 0.1) is 11.7 Å². The molecule has 2 rings (SSSR count). The topological polar surface area (TPSA) is 43.8 Å². The lowest BCUT2D eigenvalue weighted by atomic mass is 10.0. The molecule has 0 saturated carbocycles. The van der Waals surface area contributed by atoms with E-state index in [9.17, 15) is 8.78 Å². The molecule has 0 amide bonds. The number of aromatic nitrogens is 2. The highest BCUT2D eigenvalue weighted by Crippen LogP contribution is 2.24. The summed E-state index contributed by atoms with van der Waals surface area (Å²) in [6.45, 7) is 2.49. The van der Waals surface area contributed by atoms with Gasteiger partial charge in [-0.05, 0) is 25.1 Å². The molecule has 1 aromatic carbocycles. The van der Waals surface area contributed by atoms with Crippen molar-refractivity contribution in [3.05, 3.63) is 53.4 Å². The third-order valence-corrected chi connectivity index (χ3v) is 2.68. The fourth-order valence-electron chi connectivity index (χ4n) is 1.83. The van der Waals surface area contributed by atoms with Crippen molar-refractivity contribution in [3.63, 3.8) is 0 Å². The highest BCUT2D eigenvalue weighted by molar-refractivity contribution is 5.29. The van der Waals surface area contributed by atoms with Gasteiger partial charge in [-0.25, -0.2) is 8.78 Å². The van der Waals surface area contributed by atoms with Gasteiger partial charge >= 0.3 is 0 Å². The molecule has 1 unspecified atom stereocenters. The zero-order valence-corrected chi connectivity index (χ0v) is 9.40. The number of benzene rings is 1. The van der Waals surface area contributed by atoms with Crippen LogP contribution in [0.1, 0.15) is 24.2 Å². The summed E-state index contributed by atoms with van der Waals surface area (Å²) >= 11 is 0. The van der Waals surface area contributed by atoms with Crippen LogP contribution in [0.4, 0.5) is 8.78 Å². The molecule has 3 nitrogen and oxygen atoms in total. The van der Waals surface area contributed by atoms with Gasteiger partial charge in [-0.1, -0.05) is 6.07 Å². The van der Waals surface area contributed by atoms with E-state index in [1.54, 1.807) is 16.9 Å². The van der Waals surface area contributed by atoms with Crippen molar-refractivity contribution in [2.24, 2.45) is 5.73 Å². The van der Waals surface area contributed by atoms with Gasteiger partial charge in [0.1, 0.15) is 11.6 Å². The first-order valence-electron chi connectivity index (χ1n) is 5.36. The number of aryl methyl sites for hydroxylation is 1. The predicted octanol–water partition coefficient (Wildman–Crippen LogP) is 2.23. The SMILES string of the molecule is CCn1nccc1C(N)c1c(F)cccc1F. The largest absolute Gasteiger partial charge is 0.319 e. The standard InChI is InChI=1S/C12H13F2N3/c1-2-17-10(6-7-16-17)12(15)11-8(13)4-3-5-9(11)14/h3-7,12H,2,15H2,1H3. The lowest BCUT2D eigenvalue weighted by Crippen LogP contribution is -2.19. The van der Waals surface area contributed by atoms with E-state index in [-0.39, 0.29) is 5.56 Å². The van der Waals surface area contributed by atoms with Crippen LogP contribution in [0.15, 0.2) is 30.5 Å². The maximum Gasteiger partial charge on any atom is 0.131 e. The fraction of sp³-hybridized carbons (Fsp3) is 0.250. The van der Waals surface area contributed by atoms with Crippen LogP contribution in [0.3, 0.4) is 0 Å².